The van der Waals surface area contributed by atoms with Crippen molar-refractivity contribution in [3.63, 3.8) is 0 Å². The monoisotopic (exact) mass is 258 g/mol. The Balaban J connectivity index is 1.38. The standard InChI is InChI=1S/C17H26N2/c1-2-9-17(8-1)10-3-16(4-11-17)19-14-7-15-5-12-18-13-6-15/h5-6,12-13,16,19H,1-4,7-11,14H2. The lowest BCUT2D eigenvalue weighted by Gasteiger charge is -2.37. The maximum atomic E-state index is 4.06. The Bertz CT molecular complexity index is 372. The van der Waals surface area contributed by atoms with Crippen LogP contribution in [0, 0.1) is 5.41 Å². The van der Waals surface area contributed by atoms with Crippen LogP contribution in [0.1, 0.15) is 56.9 Å². The van der Waals surface area contributed by atoms with Crippen LogP contribution in [-0.4, -0.2) is 17.6 Å². The Morgan fingerprint density at radius 1 is 1.05 bits per heavy atom. The van der Waals surface area contributed by atoms with Crippen molar-refractivity contribution in [2.45, 2.75) is 63.8 Å². The molecule has 104 valence electrons. The molecule has 0 aliphatic heterocycles. The van der Waals surface area contributed by atoms with Gasteiger partial charge in [0.1, 0.15) is 0 Å². The van der Waals surface area contributed by atoms with Gasteiger partial charge in [0, 0.05) is 18.4 Å². The van der Waals surface area contributed by atoms with Crippen LogP contribution in [0.2, 0.25) is 0 Å². The first-order valence-electron chi connectivity index (χ1n) is 7.99. The normalized spacial score (nSPS) is 22.9. The lowest BCUT2D eigenvalue weighted by atomic mass is 9.71. The van der Waals surface area contributed by atoms with E-state index in [1.54, 1.807) is 0 Å². The van der Waals surface area contributed by atoms with E-state index >= 15 is 0 Å². The number of nitrogens with zero attached hydrogens (tertiary/aromatic N) is 1. The quantitative estimate of drug-likeness (QED) is 0.890. The zero-order chi connectivity index (χ0) is 13.0. The van der Waals surface area contributed by atoms with Crippen molar-refractivity contribution in [2.75, 3.05) is 6.54 Å². The number of hydrogen-bond donors (Lipinski definition) is 1. The van der Waals surface area contributed by atoms with Gasteiger partial charge in [-0.05, 0) is 74.6 Å². The molecule has 1 N–H and O–H groups in total. The Kier molecular flexibility index (Phi) is 4.17. The van der Waals surface area contributed by atoms with E-state index < -0.39 is 0 Å². The second-order valence-corrected chi connectivity index (χ2v) is 6.54. The van der Waals surface area contributed by atoms with Crippen molar-refractivity contribution >= 4 is 0 Å². The highest BCUT2D eigenvalue weighted by molar-refractivity contribution is 5.09. The molecule has 3 rings (SSSR count). The number of pyridine rings is 1. The van der Waals surface area contributed by atoms with E-state index in [2.05, 4.69) is 22.4 Å². The van der Waals surface area contributed by atoms with Crippen LogP contribution in [0.3, 0.4) is 0 Å². The van der Waals surface area contributed by atoms with Crippen LogP contribution in [0.25, 0.3) is 0 Å². The summed E-state index contributed by atoms with van der Waals surface area (Å²) in [6.07, 6.45) is 16.6. The summed E-state index contributed by atoms with van der Waals surface area (Å²) in [4.78, 5) is 4.06. The first kappa shape index (κ1) is 13.1. The molecule has 2 aliphatic carbocycles. The van der Waals surface area contributed by atoms with Gasteiger partial charge in [-0.2, -0.15) is 0 Å². The van der Waals surface area contributed by atoms with Crippen molar-refractivity contribution in [3.8, 4) is 0 Å². The Morgan fingerprint density at radius 2 is 1.74 bits per heavy atom. The lowest BCUT2D eigenvalue weighted by molar-refractivity contribution is 0.169. The van der Waals surface area contributed by atoms with Gasteiger partial charge in [0.05, 0.1) is 0 Å². The van der Waals surface area contributed by atoms with Gasteiger partial charge in [-0.25, -0.2) is 0 Å². The molecular weight excluding hydrogens is 232 g/mol. The fourth-order valence-electron chi connectivity index (χ4n) is 4.03. The summed E-state index contributed by atoms with van der Waals surface area (Å²) in [7, 11) is 0. The molecule has 19 heavy (non-hydrogen) atoms. The minimum Gasteiger partial charge on any atom is -0.314 e. The molecule has 0 unspecified atom stereocenters. The molecule has 0 radical (unpaired) electrons. The zero-order valence-electron chi connectivity index (χ0n) is 11.9. The smallest absolute Gasteiger partial charge is 0.0270 e. The third-order valence-electron chi connectivity index (χ3n) is 5.31. The van der Waals surface area contributed by atoms with Crippen molar-refractivity contribution in [1.82, 2.24) is 10.3 Å². The minimum absolute atomic E-state index is 0.767. The van der Waals surface area contributed by atoms with Gasteiger partial charge in [-0.15, -0.1) is 0 Å². The lowest BCUT2D eigenvalue weighted by Crippen LogP contribution is -2.37. The van der Waals surface area contributed by atoms with Gasteiger partial charge in [-0.1, -0.05) is 12.8 Å². The highest BCUT2D eigenvalue weighted by Crippen LogP contribution is 2.48. The maximum Gasteiger partial charge on any atom is 0.0270 e. The summed E-state index contributed by atoms with van der Waals surface area (Å²) >= 11 is 0. The molecule has 2 saturated carbocycles. The second-order valence-electron chi connectivity index (χ2n) is 6.54. The van der Waals surface area contributed by atoms with Crippen molar-refractivity contribution in [2.24, 2.45) is 5.41 Å². The van der Waals surface area contributed by atoms with Gasteiger partial charge in [0.25, 0.3) is 0 Å². The predicted octanol–water partition coefficient (Wildman–Crippen LogP) is 3.72. The minimum atomic E-state index is 0.767. The molecule has 0 saturated heterocycles. The van der Waals surface area contributed by atoms with E-state index in [1.807, 2.05) is 12.4 Å². The van der Waals surface area contributed by atoms with Crippen molar-refractivity contribution in [1.29, 1.82) is 0 Å². The second kappa shape index (κ2) is 6.04. The van der Waals surface area contributed by atoms with Crippen LogP contribution in [0.4, 0.5) is 0 Å². The summed E-state index contributed by atoms with van der Waals surface area (Å²) in [5.74, 6) is 0. The fraction of sp³-hybridized carbons (Fsp3) is 0.706. The molecule has 2 fully saturated rings. The average Bonchev–Trinajstić information content (AvgIpc) is 2.91. The van der Waals surface area contributed by atoms with Crippen LogP contribution >= 0.6 is 0 Å². The molecule has 2 heteroatoms. The van der Waals surface area contributed by atoms with E-state index in [4.69, 9.17) is 0 Å². The van der Waals surface area contributed by atoms with Gasteiger partial charge >= 0.3 is 0 Å². The number of hydrogen-bond acceptors (Lipinski definition) is 2. The van der Waals surface area contributed by atoms with E-state index in [9.17, 15) is 0 Å². The summed E-state index contributed by atoms with van der Waals surface area (Å²) in [6.45, 7) is 1.11. The SMILES string of the molecule is c1cc(CCNC2CCC3(CCCC3)CC2)ccn1. The molecule has 2 nitrogen and oxygen atoms in total. The third-order valence-corrected chi connectivity index (χ3v) is 5.31. The summed E-state index contributed by atoms with van der Waals surface area (Å²) < 4.78 is 0. The molecule has 1 aromatic heterocycles. The molecule has 2 aliphatic rings. The number of nitrogens with one attached hydrogen (secondary N) is 1. The van der Waals surface area contributed by atoms with E-state index in [0.717, 1.165) is 24.4 Å². The molecule has 0 amide bonds. The Morgan fingerprint density at radius 3 is 2.42 bits per heavy atom. The van der Waals surface area contributed by atoms with Crippen LogP contribution in [0.5, 0.6) is 0 Å². The molecule has 0 atom stereocenters. The van der Waals surface area contributed by atoms with E-state index in [-0.39, 0.29) is 0 Å². The topological polar surface area (TPSA) is 24.9 Å². The molecule has 1 spiro atoms. The first-order chi connectivity index (χ1) is 9.36. The average molecular weight is 258 g/mol. The summed E-state index contributed by atoms with van der Waals surface area (Å²) in [5, 5.41) is 3.76. The van der Waals surface area contributed by atoms with Crippen molar-refractivity contribution in [3.05, 3.63) is 30.1 Å². The van der Waals surface area contributed by atoms with Crippen LogP contribution in [-0.2, 0) is 6.42 Å². The number of rotatable bonds is 4. The molecular formula is C17H26N2. The summed E-state index contributed by atoms with van der Waals surface area (Å²) in [5.41, 5.74) is 2.16. The first-order valence-corrected chi connectivity index (χ1v) is 7.99. The molecule has 0 bridgehead atoms. The Labute approximate surface area is 117 Å². The fourth-order valence-corrected chi connectivity index (χ4v) is 4.03. The zero-order valence-corrected chi connectivity index (χ0v) is 11.9. The summed E-state index contributed by atoms with van der Waals surface area (Å²) in [6, 6.07) is 5.01. The van der Waals surface area contributed by atoms with Gasteiger partial charge in [0.15, 0.2) is 0 Å². The van der Waals surface area contributed by atoms with E-state index in [1.165, 1.54) is 56.9 Å². The number of aromatic nitrogens is 1. The third kappa shape index (κ3) is 3.36. The largest absolute Gasteiger partial charge is 0.314 e. The molecule has 0 aromatic carbocycles. The van der Waals surface area contributed by atoms with Gasteiger partial charge in [0.2, 0.25) is 0 Å². The van der Waals surface area contributed by atoms with E-state index in [0.29, 0.717) is 0 Å². The highest BCUT2D eigenvalue weighted by Gasteiger charge is 2.37. The van der Waals surface area contributed by atoms with Crippen LogP contribution < -0.4 is 5.32 Å². The highest BCUT2D eigenvalue weighted by atomic mass is 14.9. The molecule has 1 heterocycles. The van der Waals surface area contributed by atoms with Crippen molar-refractivity contribution < 1.29 is 0 Å². The van der Waals surface area contributed by atoms with Crippen LogP contribution in [0.15, 0.2) is 24.5 Å². The predicted molar refractivity (Wildman–Crippen MR) is 79.1 cm³/mol. The Hall–Kier alpha value is -0.890. The maximum absolute atomic E-state index is 4.06. The van der Waals surface area contributed by atoms with Gasteiger partial charge in [-0.3, -0.25) is 4.98 Å². The molecule has 1 aromatic rings. The van der Waals surface area contributed by atoms with Gasteiger partial charge < -0.3 is 5.32 Å².